The largest absolute Gasteiger partial charge is 0.467 e. The van der Waals surface area contributed by atoms with Crippen LogP contribution in [0.25, 0.3) is 0 Å². The van der Waals surface area contributed by atoms with Gasteiger partial charge in [0, 0.05) is 12.4 Å². The molecule has 0 fully saturated rings. The van der Waals surface area contributed by atoms with Crippen LogP contribution in [-0.2, 0) is 17.8 Å². The van der Waals surface area contributed by atoms with Gasteiger partial charge in [0.05, 0.1) is 18.8 Å². The van der Waals surface area contributed by atoms with Gasteiger partial charge in [0.15, 0.2) is 0 Å². The molecule has 1 unspecified atom stereocenters. The highest BCUT2D eigenvalue weighted by molar-refractivity contribution is 5.81. The highest BCUT2D eigenvalue weighted by Gasteiger charge is 2.11. The standard InChI is InChI=1S/C15H19N3O2/c1-12(15(19)18-11-14-5-3-9-20-14)17-8-6-13-4-2-7-16-10-13/h2-5,7,9-10,12,17H,6,8,11H2,1H3,(H,18,19). The fourth-order valence-corrected chi connectivity index (χ4v) is 1.81. The Bertz CT molecular complexity index is 511. The molecule has 106 valence electrons. The number of carbonyl (C=O) groups excluding carboxylic acids is 1. The molecule has 0 aliphatic carbocycles. The number of hydrogen-bond acceptors (Lipinski definition) is 4. The van der Waals surface area contributed by atoms with Crippen molar-refractivity contribution in [1.82, 2.24) is 15.6 Å². The summed E-state index contributed by atoms with van der Waals surface area (Å²) in [5.74, 6) is 0.716. The van der Waals surface area contributed by atoms with Crippen LogP contribution in [0.5, 0.6) is 0 Å². The van der Waals surface area contributed by atoms with E-state index in [0.29, 0.717) is 6.54 Å². The topological polar surface area (TPSA) is 67.2 Å². The van der Waals surface area contributed by atoms with Crippen LogP contribution in [0.1, 0.15) is 18.2 Å². The predicted octanol–water partition coefficient (Wildman–Crippen LogP) is 1.51. The van der Waals surface area contributed by atoms with Gasteiger partial charge < -0.3 is 15.1 Å². The van der Waals surface area contributed by atoms with Crippen LogP contribution in [0.15, 0.2) is 47.3 Å². The smallest absolute Gasteiger partial charge is 0.237 e. The Hall–Kier alpha value is -2.14. The maximum atomic E-state index is 11.9. The monoisotopic (exact) mass is 273 g/mol. The molecule has 0 aliphatic rings. The lowest BCUT2D eigenvalue weighted by Gasteiger charge is -2.13. The predicted molar refractivity (Wildman–Crippen MR) is 76.0 cm³/mol. The molecule has 2 rings (SSSR count). The molecule has 5 nitrogen and oxygen atoms in total. The molecule has 1 amide bonds. The van der Waals surface area contributed by atoms with Gasteiger partial charge >= 0.3 is 0 Å². The van der Waals surface area contributed by atoms with Crippen molar-refractivity contribution in [2.24, 2.45) is 0 Å². The summed E-state index contributed by atoms with van der Waals surface area (Å²) in [6.07, 6.45) is 6.03. The van der Waals surface area contributed by atoms with Crippen LogP contribution in [0.4, 0.5) is 0 Å². The number of aromatic nitrogens is 1. The number of furan rings is 1. The average molecular weight is 273 g/mol. The zero-order valence-corrected chi connectivity index (χ0v) is 11.5. The summed E-state index contributed by atoms with van der Waals surface area (Å²) in [6, 6.07) is 7.34. The fourth-order valence-electron chi connectivity index (χ4n) is 1.81. The number of carbonyl (C=O) groups is 1. The van der Waals surface area contributed by atoms with Gasteiger partial charge in [-0.05, 0) is 43.7 Å². The zero-order chi connectivity index (χ0) is 14.2. The van der Waals surface area contributed by atoms with Crippen molar-refractivity contribution in [3.05, 3.63) is 54.2 Å². The Morgan fingerprint density at radius 3 is 3.00 bits per heavy atom. The van der Waals surface area contributed by atoms with Crippen molar-refractivity contribution in [2.45, 2.75) is 25.9 Å². The highest BCUT2D eigenvalue weighted by atomic mass is 16.3. The van der Waals surface area contributed by atoms with Crippen molar-refractivity contribution in [2.75, 3.05) is 6.54 Å². The van der Waals surface area contributed by atoms with E-state index in [1.807, 2.05) is 31.3 Å². The summed E-state index contributed by atoms with van der Waals surface area (Å²) in [6.45, 7) is 3.00. The summed E-state index contributed by atoms with van der Waals surface area (Å²) in [4.78, 5) is 15.9. The van der Waals surface area contributed by atoms with Crippen molar-refractivity contribution < 1.29 is 9.21 Å². The van der Waals surface area contributed by atoms with Gasteiger partial charge in [-0.15, -0.1) is 0 Å². The van der Waals surface area contributed by atoms with Gasteiger partial charge in [-0.2, -0.15) is 0 Å². The van der Waals surface area contributed by atoms with Gasteiger partial charge in [-0.3, -0.25) is 9.78 Å². The summed E-state index contributed by atoms with van der Waals surface area (Å²) in [5.41, 5.74) is 1.16. The molecular formula is C15H19N3O2. The Morgan fingerprint density at radius 1 is 1.40 bits per heavy atom. The second kappa shape index (κ2) is 7.45. The third-order valence-electron chi connectivity index (χ3n) is 3.00. The van der Waals surface area contributed by atoms with E-state index in [-0.39, 0.29) is 11.9 Å². The minimum absolute atomic E-state index is 0.0346. The third kappa shape index (κ3) is 4.51. The minimum atomic E-state index is -0.235. The number of pyridine rings is 1. The Balaban J connectivity index is 1.66. The number of nitrogens with zero attached hydrogens (tertiary/aromatic N) is 1. The zero-order valence-electron chi connectivity index (χ0n) is 11.5. The van der Waals surface area contributed by atoms with Crippen LogP contribution in [-0.4, -0.2) is 23.5 Å². The second-order valence-corrected chi connectivity index (χ2v) is 4.58. The van der Waals surface area contributed by atoms with Crippen molar-refractivity contribution in [3.63, 3.8) is 0 Å². The van der Waals surface area contributed by atoms with Crippen LogP contribution in [0, 0.1) is 0 Å². The van der Waals surface area contributed by atoms with E-state index in [9.17, 15) is 4.79 Å². The van der Waals surface area contributed by atoms with E-state index in [2.05, 4.69) is 15.6 Å². The average Bonchev–Trinajstić information content (AvgIpc) is 2.99. The molecule has 5 heteroatoms. The van der Waals surface area contributed by atoms with Crippen molar-refractivity contribution >= 4 is 5.91 Å². The Kier molecular flexibility index (Phi) is 5.32. The van der Waals surface area contributed by atoms with Crippen LogP contribution in [0.3, 0.4) is 0 Å². The van der Waals surface area contributed by atoms with Crippen molar-refractivity contribution in [3.8, 4) is 0 Å². The summed E-state index contributed by atoms with van der Waals surface area (Å²) < 4.78 is 5.16. The van der Waals surface area contributed by atoms with Gasteiger partial charge in [-0.25, -0.2) is 0 Å². The van der Waals surface area contributed by atoms with E-state index in [1.54, 1.807) is 18.5 Å². The van der Waals surface area contributed by atoms with E-state index < -0.39 is 0 Å². The molecule has 2 heterocycles. The molecular weight excluding hydrogens is 254 g/mol. The maximum absolute atomic E-state index is 11.9. The Morgan fingerprint density at radius 2 is 2.30 bits per heavy atom. The van der Waals surface area contributed by atoms with Crippen LogP contribution < -0.4 is 10.6 Å². The molecule has 0 saturated carbocycles. The molecule has 0 bridgehead atoms. The van der Waals surface area contributed by atoms with E-state index in [4.69, 9.17) is 4.42 Å². The van der Waals surface area contributed by atoms with Crippen LogP contribution in [0.2, 0.25) is 0 Å². The highest BCUT2D eigenvalue weighted by Crippen LogP contribution is 1.99. The maximum Gasteiger partial charge on any atom is 0.237 e. The first-order valence-electron chi connectivity index (χ1n) is 6.68. The molecule has 2 aromatic heterocycles. The first kappa shape index (κ1) is 14.3. The number of rotatable bonds is 7. The molecule has 0 aliphatic heterocycles. The van der Waals surface area contributed by atoms with E-state index >= 15 is 0 Å². The normalized spacial score (nSPS) is 12.1. The lowest BCUT2D eigenvalue weighted by atomic mass is 10.2. The van der Waals surface area contributed by atoms with Crippen molar-refractivity contribution in [1.29, 1.82) is 0 Å². The fraction of sp³-hybridized carbons (Fsp3) is 0.333. The van der Waals surface area contributed by atoms with Crippen LogP contribution >= 0.6 is 0 Å². The van der Waals surface area contributed by atoms with E-state index in [0.717, 1.165) is 24.3 Å². The molecule has 2 N–H and O–H groups in total. The second-order valence-electron chi connectivity index (χ2n) is 4.58. The lowest BCUT2D eigenvalue weighted by molar-refractivity contribution is -0.123. The third-order valence-corrected chi connectivity index (χ3v) is 3.00. The minimum Gasteiger partial charge on any atom is -0.467 e. The molecule has 0 radical (unpaired) electrons. The molecule has 1 atom stereocenters. The number of amides is 1. The Labute approximate surface area is 118 Å². The van der Waals surface area contributed by atoms with Gasteiger partial charge in [-0.1, -0.05) is 6.07 Å². The molecule has 2 aromatic rings. The quantitative estimate of drug-likeness (QED) is 0.802. The van der Waals surface area contributed by atoms with Gasteiger partial charge in [0.25, 0.3) is 0 Å². The molecule has 0 saturated heterocycles. The molecule has 20 heavy (non-hydrogen) atoms. The number of hydrogen-bond donors (Lipinski definition) is 2. The summed E-state index contributed by atoms with van der Waals surface area (Å²) in [7, 11) is 0. The summed E-state index contributed by atoms with van der Waals surface area (Å²) >= 11 is 0. The van der Waals surface area contributed by atoms with Gasteiger partial charge in [0.1, 0.15) is 5.76 Å². The summed E-state index contributed by atoms with van der Waals surface area (Å²) in [5, 5.41) is 6.02. The first-order chi connectivity index (χ1) is 9.75. The first-order valence-corrected chi connectivity index (χ1v) is 6.68. The molecule has 0 spiro atoms. The van der Waals surface area contributed by atoms with Gasteiger partial charge in [0.2, 0.25) is 5.91 Å². The molecule has 0 aromatic carbocycles. The van der Waals surface area contributed by atoms with E-state index in [1.165, 1.54) is 0 Å². The lowest BCUT2D eigenvalue weighted by Crippen LogP contribution is -2.42. The number of nitrogens with one attached hydrogen (secondary N) is 2. The SMILES string of the molecule is CC(NCCc1cccnc1)C(=O)NCc1ccco1.